The molecule has 0 saturated heterocycles. The van der Waals surface area contributed by atoms with Gasteiger partial charge in [0.25, 0.3) is 0 Å². The summed E-state index contributed by atoms with van der Waals surface area (Å²) in [5.74, 6) is 1.84. The summed E-state index contributed by atoms with van der Waals surface area (Å²) >= 11 is 0. The van der Waals surface area contributed by atoms with E-state index < -0.39 is 0 Å². The standard InChI is InChI=1S/C26H22O2/c1-27-23-15-14-19-12-13-20-17-26(21-8-4-2-5-9-21,22-10-6-3-7-11-22)18-28-25(20)24(19)16-23/h2-16H,17-18H2,1H3. The van der Waals surface area contributed by atoms with Gasteiger partial charge >= 0.3 is 0 Å². The van der Waals surface area contributed by atoms with Gasteiger partial charge in [0.15, 0.2) is 0 Å². The van der Waals surface area contributed by atoms with Crippen LogP contribution in [-0.2, 0) is 11.8 Å². The average Bonchev–Trinajstić information content (AvgIpc) is 2.79. The number of hydrogen-bond acceptors (Lipinski definition) is 2. The SMILES string of the molecule is COc1ccc2ccc3c(c2c1)OCC(c1ccccc1)(c1ccccc1)C3. The second-order valence-electron chi connectivity index (χ2n) is 7.42. The fraction of sp³-hybridized carbons (Fsp3) is 0.154. The van der Waals surface area contributed by atoms with Crippen LogP contribution in [0.1, 0.15) is 16.7 Å². The van der Waals surface area contributed by atoms with Gasteiger partial charge in [-0.25, -0.2) is 0 Å². The van der Waals surface area contributed by atoms with Crippen molar-refractivity contribution in [1.82, 2.24) is 0 Å². The molecule has 0 unspecified atom stereocenters. The highest BCUT2D eigenvalue weighted by molar-refractivity contribution is 5.91. The molecule has 0 N–H and O–H groups in total. The van der Waals surface area contributed by atoms with E-state index in [4.69, 9.17) is 9.47 Å². The highest BCUT2D eigenvalue weighted by atomic mass is 16.5. The van der Waals surface area contributed by atoms with Crippen LogP contribution >= 0.6 is 0 Å². The Morgan fingerprint density at radius 3 is 2.07 bits per heavy atom. The van der Waals surface area contributed by atoms with Crippen LogP contribution in [0.25, 0.3) is 10.8 Å². The Hall–Kier alpha value is -3.26. The van der Waals surface area contributed by atoms with Crippen LogP contribution in [0.15, 0.2) is 91.0 Å². The van der Waals surface area contributed by atoms with Gasteiger partial charge in [-0.1, -0.05) is 78.9 Å². The molecule has 5 rings (SSSR count). The molecule has 0 radical (unpaired) electrons. The number of hydrogen-bond donors (Lipinski definition) is 0. The van der Waals surface area contributed by atoms with Gasteiger partial charge in [-0.3, -0.25) is 0 Å². The third-order valence-corrected chi connectivity index (χ3v) is 5.87. The number of benzene rings is 4. The zero-order valence-electron chi connectivity index (χ0n) is 15.9. The van der Waals surface area contributed by atoms with Crippen molar-refractivity contribution in [2.45, 2.75) is 11.8 Å². The van der Waals surface area contributed by atoms with Crippen LogP contribution in [0.3, 0.4) is 0 Å². The van der Waals surface area contributed by atoms with Crippen molar-refractivity contribution < 1.29 is 9.47 Å². The summed E-state index contributed by atoms with van der Waals surface area (Å²) in [7, 11) is 1.70. The summed E-state index contributed by atoms with van der Waals surface area (Å²) in [6, 6.07) is 32.0. The van der Waals surface area contributed by atoms with E-state index >= 15 is 0 Å². The van der Waals surface area contributed by atoms with Crippen LogP contribution in [0, 0.1) is 0 Å². The van der Waals surface area contributed by atoms with Gasteiger partial charge in [0.05, 0.1) is 12.5 Å². The minimum atomic E-state index is -0.192. The molecule has 1 heterocycles. The molecule has 0 bridgehead atoms. The molecule has 0 fully saturated rings. The zero-order chi connectivity index (χ0) is 19.0. The molecular formula is C26H22O2. The van der Waals surface area contributed by atoms with Gasteiger partial charge in [-0.2, -0.15) is 0 Å². The summed E-state index contributed by atoms with van der Waals surface area (Å²) < 4.78 is 11.9. The first-order chi connectivity index (χ1) is 13.8. The predicted molar refractivity (Wildman–Crippen MR) is 113 cm³/mol. The number of ether oxygens (including phenoxy) is 2. The molecule has 2 nitrogen and oxygen atoms in total. The Morgan fingerprint density at radius 2 is 1.43 bits per heavy atom. The van der Waals surface area contributed by atoms with Gasteiger partial charge in [-0.05, 0) is 40.6 Å². The summed E-state index contributed by atoms with van der Waals surface area (Å²) in [6.45, 7) is 0.615. The third-order valence-electron chi connectivity index (χ3n) is 5.87. The Labute approximate surface area is 165 Å². The van der Waals surface area contributed by atoms with Crippen molar-refractivity contribution in [3.63, 3.8) is 0 Å². The van der Waals surface area contributed by atoms with Crippen LogP contribution in [0.5, 0.6) is 11.5 Å². The van der Waals surface area contributed by atoms with Crippen molar-refractivity contribution in [2.75, 3.05) is 13.7 Å². The van der Waals surface area contributed by atoms with E-state index in [-0.39, 0.29) is 5.41 Å². The monoisotopic (exact) mass is 366 g/mol. The second-order valence-corrected chi connectivity index (χ2v) is 7.42. The molecule has 0 atom stereocenters. The van der Waals surface area contributed by atoms with E-state index in [2.05, 4.69) is 84.9 Å². The molecule has 0 saturated carbocycles. The minimum absolute atomic E-state index is 0.192. The van der Waals surface area contributed by atoms with Crippen molar-refractivity contribution >= 4 is 10.8 Å². The first-order valence-electron chi connectivity index (χ1n) is 9.64. The summed E-state index contributed by atoms with van der Waals surface area (Å²) in [4.78, 5) is 0. The fourth-order valence-electron chi connectivity index (χ4n) is 4.38. The lowest BCUT2D eigenvalue weighted by atomic mass is 9.69. The largest absolute Gasteiger partial charge is 0.497 e. The summed E-state index contributed by atoms with van der Waals surface area (Å²) in [5, 5.41) is 2.29. The van der Waals surface area contributed by atoms with Gasteiger partial charge in [0.2, 0.25) is 0 Å². The first-order valence-corrected chi connectivity index (χ1v) is 9.64. The molecule has 1 aliphatic rings. The van der Waals surface area contributed by atoms with Crippen LogP contribution in [0.2, 0.25) is 0 Å². The molecule has 0 spiro atoms. The van der Waals surface area contributed by atoms with E-state index in [0.29, 0.717) is 6.61 Å². The van der Waals surface area contributed by atoms with E-state index in [1.165, 1.54) is 22.1 Å². The van der Waals surface area contributed by atoms with Crippen LogP contribution in [0.4, 0.5) is 0 Å². The summed E-state index contributed by atoms with van der Waals surface area (Å²) in [6.07, 6.45) is 0.906. The lowest BCUT2D eigenvalue weighted by molar-refractivity contribution is 0.217. The molecule has 0 aliphatic carbocycles. The Bertz CT molecular complexity index is 1080. The second kappa shape index (κ2) is 6.72. The number of rotatable bonds is 3. The van der Waals surface area contributed by atoms with Gasteiger partial charge < -0.3 is 9.47 Å². The molecule has 0 aromatic heterocycles. The van der Waals surface area contributed by atoms with Crippen LogP contribution in [-0.4, -0.2) is 13.7 Å². The fourth-order valence-corrected chi connectivity index (χ4v) is 4.38. The average molecular weight is 366 g/mol. The zero-order valence-corrected chi connectivity index (χ0v) is 15.9. The predicted octanol–water partition coefficient (Wildman–Crippen LogP) is 5.77. The van der Waals surface area contributed by atoms with E-state index in [1.807, 2.05) is 6.07 Å². The Kier molecular flexibility index (Phi) is 4.05. The number of methoxy groups -OCH3 is 1. The summed E-state index contributed by atoms with van der Waals surface area (Å²) in [5.41, 5.74) is 3.62. The lowest BCUT2D eigenvalue weighted by Gasteiger charge is -2.39. The number of fused-ring (bicyclic) bond motifs is 3. The maximum Gasteiger partial charge on any atom is 0.130 e. The molecule has 28 heavy (non-hydrogen) atoms. The Balaban J connectivity index is 1.69. The lowest BCUT2D eigenvalue weighted by Crippen LogP contribution is -2.40. The van der Waals surface area contributed by atoms with Crippen molar-refractivity contribution in [1.29, 1.82) is 0 Å². The third kappa shape index (κ3) is 2.65. The maximum atomic E-state index is 6.51. The van der Waals surface area contributed by atoms with Crippen molar-refractivity contribution in [3.8, 4) is 11.5 Å². The molecule has 4 aromatic carbocycles. The van der Waals surface area contributed by atoms with Crippen LogP contribution < -0.4 is 9.47 Å². The van der Waals surface area contributed by atoms with Crippen molar-refractivity contribution in [2.24, 2.45) is 0 Å². The normalized spacial score (nSPS) is 14.9. The van der Waals surface area contributed by atoms with Gasteiger partial charge in [0, 0.05) is 5.39 Å². The highest BCUT2D eigenvalue weighted by Gasteiger charge is 2.39. The van der Waals surface area contributed by atoms with Crippen molar-refractivity contribution in [3.05, 3.63) is 108 Å². The highest BCUT2D eigenvalue weighted by Crippen LogP contribution is 2.45. The Morgan fingerprint density at radius 1 is 0.786 bits per heavy atom. The molecular weight excluding hydrogens is 344 g/mol. The van der Waals surface area contributed by atoms with Gasteiger partial charge in [0.1, 0.15) is 18.1 Å². The van der Waals surface area contributed by atoms with E-state index in [9.17, 15) is 0 Å². The van der Waals surface area contributed by atoms with E-state index in [1.54, 1.807) is 7.11 Å². The molecule has 1 aliphatic heterocycles. The van der Waals surface area contributed by atoms with Gasteiger partial charge in [-0.15, -0.1) is 0 Å². The first kappa shape index (κ1) is 16.9. The molecule has 2 heteroatoms. The molecule has 0 amide bonds. The topological polar surface area (TPSA) is 18.5 Å². The smallest absolute Gasteiger partial charge is 0.130 e. The maximum absolute atomic E-state index is 6.51. The van der Waals surface area contributed by atoms with E-state index in [0.717, 1.165) is 23.3 Å². The molecule has 4 aromatic rings. The molecule has 138 valence electrons. The quantitative estimate of drug-likeness (QED) is 0.458. The minimum Gasteiger partial charge on any atom is -0.497 e.